The van der Waals surface area contributed by atoms with Gasteiger partial charge in [-0.15, -0.1) is 0 Å². The standard InChI is InChI=1S/C10H5F5O2/c11-5-1-2-6(7(12)3-5)8(16)4-9(17)10(13,14)15/h1-4,16H/b8-4-. The Hall–Kier alpha value is -1.92. The van der Waals surface area contributed by atoms with Gasteiger partial charge in [0.15, 0.2) is 0 Å². The van der Waals surface area contributed by atoms with Crippen LogP contribution in [-0.2, 0) is 4.79 Å². The Balaban J connectivity index is 3.09. The van der Waals surface area contributed by atoms with Crippen LogP contribution in [0.1, 0.15) is 5.56 Å². The monoisotopic (exact) mass is 252 g/mol. The lowest BCUT2D eigenvalue weighted by molar-refractivity contribution is -0.165. The van der Waals surface area contributed by atoms with Crippen LogP contribution in [0.4, 0.5) is 22.0 Å². The van der Waals surface area contributed by atoms with Crippen LogP contribution < -0.4 is 0 Å². The van der Waals surface area contributed by atoms with Gasteiger partial charge >= 0.3 is 6.18 Å². The fourth-order valence-electron chi connectivity index (χ4n) is 0.981. The predicted octanol–water partition coefficient (Wildman–Crippen LogP) is 3.00. The maximum Gasteiger partial charge on any atom is 0.454 e. The highest BCUT2D eigenvalue weighted by atomic mass is 19.4. The molecule has 0 amide bonds. The molecule has 1 N–H and O–H groups in total. The quantitative estimate of drug-likeness (QED) is 0.499. The molecule has 0 aromatic heterocycles. The number of carbonyl (C=O) groups is 1. The molecule has 2 nitrogen and oxygen atoms in total. The molecule has 1 aromatic rings. The highest BCUT2D eigenvalue weighted by molar-refractivity contribution is 5.99. The number of hydrogen-bond donors (Lipinski definition) is 1. The summed E-state index contributed by atoms with van der Waals surface area (Å²) in [6.45, 7) is 0. The molecule has 0 saturated heterocycles. The van der Waals surface area contributed by atoms with Crippen LogP contribution >= 0.6 is 0 Å². The fourth-order valence-corrected chi connectivity index (χ4v) is 0.981. The molecule has 7 heteroatoms. The first-order valence-electron chi connectivity index (χ1n) is 4.19. The molecule has 92 valence electrons. The molecular weight excluding hydrogens is 247 g/mol. The molecular formula is C10H5F5O2. The summed E-state index contributed by atoms with van der Waals surface area (Å²) < 4.78 is 61.0. The van der Waals surface area contributed by atoms with Gasteiger partial charge in [0.05, 0.1) is 5.56 Å². The molecule has 17 heavy (non-hydrogen) atoms. The van der Waals surface area contributed by atoms with Crippen molar-refractivity contribution >= 4 is 11.5 Å². The van der Waals surface area contributed by atoms with Gasteiger partial charge in [-0.2, -0.15) is 13.2 Å². The molecule has 0 aliphatic carbocycles. The van der Waals surface area contributed by atoms with Crippen LogP contribution in [0.2, 0.25) is 0 Å². The minimum absolute atomic E-state index is 0.170. The minimum Gasteiger partial charge on any atom is -0.507 e. The molecule has 0 aliphatic rings. The third-order valence-electron chi connectivity index (χ3n) is 1.75. The van der Waals surface area contributed by atoms with Crippen LogP contribution in [0.5, 0.6) is 0 Å². The topological polar surface area (TPSA) is 37.3 Å². The number of aliphatic hydroxyl groups excluding tert-OH is 1. The summed E-state index contributed by atoms with van der Waals surface area (Å²) in [5, 5.41) is 9.10. The van der Waals surface area contributed by atoms with Crippen molar-refractivity contribution < 1.29 is 31.9 Å². The second kappa shape index (κ2) is 4.52. The number of carbonyl (C=O) groups excluding carboxylic acids is 1. The summed E-state index contributed by atoms with van der Waals surface area (Å²) in [6.07, 6.45) is -5.33. The summed E-state index contributed by atoms with van der Waals surface area (Å²) in [5.74, 6) is -5.78. The number of benzene rings is 1. The number of allylic oxidation sites excluding steroid dienone is 1. The van der Waals surface area contributed by atoms with Crippen molar-refractivity contribution in [3.8, 4) is 0 Å². The smallest absolute Gasteiger partial charge is 0.454 e. The molecule has 0 unspecified atom stereocenters. The van der Waals surface area contributed by atoms with Crippen molar-refractivity contribution in [3.63, 3.8) is 0 Å². The van der Waals surface area contributed by atoms with Crippen molar-refractivity contribution in [3.05, 3.63) is 41.5 Å². The number of hydrogen-bond acceptors (Lipinski definition) is 2. The first-order chi connectivity index (χ1) is 7.71. The number of halogens is 5. The van der Waals surface area contributed by atoms with E-state index in [0.29, 0.717) is 6.07 Å². The molecule has 0 aliphatic heterocycles. The van der Waals surface area contributed by atoms with Crippen LogP contribution in [0.25, 0.3) is 5.76 Å². The Morgan fingerprint density at radius 2 is 1.82 bits per heavy atom. The van der Waals surface area contributed by atoms with Gasteiger partial charge in [0, 0.05) is 12.1 Å². The van der Waals surface area contributed by atoms with Gasteiger partial charge in [0.2, 0.25) is 0 Å². The first kappa shape index (κ1) is 13.1. The van der Waals surface area contributed by atoms with E-state index in [1.165, 1.54) is 0 Å². The highest BCUT2D eigenvalue weighted by Gasteiger charge is 2.37. The number of alkyl halides is 3. The van der Waals surface area contributed by atoms with E-state index >= 15 is 0 Å². The Kier molecular flexibility index (Phi) is 3.50. The van der Waals surface area contributed by atoms with Gasteiger partial charge in [-0.3, -0.25) is 4.79 Å². The van der Waals surface area contributed by atoms with Crippen LogP contribution in [-0.4, -0.2) is 17.1 Å². The number of rotatable bonds is 2. The Morgan fingerprint density at radius 3 is 2.29 bits per heavy atom. The van der Waals surface area contributed by atoms with E-state index in [4.69, 9.17) is 5.11 Å². The van der Waals surface area contributed by atoms with Gasteiger partial charge < -0.3 is 5.11 Å². The van der Waals surface area contributed by atoms with Gasteiger partial charge in [0.1, 0.15) is 17.4 Å². The largest absolute Gasteiger partial charge is 0.507 e. The molecule has 0 fully saturated rings. The summed E-state index contributed by atoms with van der Waals surface area (Å²) >= 11 is 0. The van der Waals surface area contributed by atoms with E-state index in [9.17, 15) is 26.7 Å². The summed E-state index contributed by atoms with van der Waals surface area (Å²) in [4.78, 5) is 10.5. The minimum atomic E-state index is -5.16. The first-order valence-corrected chi connectivity index (χ1v) is 4.19. The lowest BCUT2D eigenvalue weighted by Gasteiger charge is -2.04. The maximum absolute atomic E-state index is 13.0. The van der Waals surface area contributed by atoms with Crippen LogP contribution in [0.3, 0.4) is 0 Å². The van der Waals surface area contributed by atoms with Crippen molar-refractivity contribution in [1.82, 2.24) is 0 Å². The maximum atomic E-state index is 13.0. The van der Waals surface area contributed by atoms with Gasteiger partial charge in [-0.1, -0.05) is 0 Å². The second-order valence-electron chi connectivity index (χ2n) is 3.02. The normalized spacial score (nSPS) is 12.6. The SMILES string of the molecule is O=C(/C=C(\O)c1ccc(F)cc1F)C(F)(F)F. The van der Waals surface area contributed by atoms with Crippen molar-refractivity contribution in [2.75, 3.05) is 0 Å². The van der Waals surface area contributed by atoms with Crippen LogP contribution in [0.15, 0.2) is 24.3 Å². The van der Waals surface area contributed by atoms with E-state index in [1.54, 1.807) is 0 Å². The van der Waals surface area contributed by atoms with E-state index in [-0.39, 0.29) is 6.08 Å². The second-order valence-corrected chi connectivity index (χ2v) is 3.02. The molecule has 0 radical (unpaired) electrons. The third kappa shape index (κ3) is 3.27. The molecule has 0 spiro atoms. The molecule has 0 heterocycles. The Bertz CT molecular complexity index is 476. The van der Waals surface area contributed by atoms with Gasteiger partial charge in [0.25, 0.3) is 5.78 Å². The van der Waals surface area contributed by atoms with Crippen molar-refractivity contribution in [1.29, 1.82) is 0 Å². The number of aliphatic hydroxyl groups is 1. The Labute approximate surface area is 92.0 Å². The molecule has 0 atom stereocenters. The lowest BCUT2D eigenvalue weighted by Crippen LogP contribution is -2.20. The van der Waals surface area contributed by atoms with E-state index in [2.05, 4.69) is 0 Å². The highest BCUT2D eigenvalue weighted by Crippen LogP contribution is 2.21. The predicted molar refractivity (Wildman–Crippen MR) is 48.0 cm³/mol. The third-order valence-corrected chi connectivity index (χ3v) is 1.75. The Morgan fingerprint density at radius 1 is 1.24 bits per heavy atom. The van der Waals surface area contributed by atoms with Gasteiger partial charge in [-0.25, -0.2) is 8.78 Å². The van der Waals surface area contributed by atoms with E-state index in [1.807, 2.05) is 0 Å². The lowest BCUT2D eigenvalue weighted by atomic mass is 10.1. The number of ketones is 1. The zero-order valence-electron chi connectivity index (χ0n) is 8.05. The average Bonchev–Trinajstić information content (AvgIpc) is 2.15. The van der Waals surface area contributed by atoms with Crippen molar-refractivity contribution in [2.24, 2.45) is 0 Å². The summed E-state index contributed by atoms with van der Waals surface area (Å²) in [7, 11) is 0. The van der Waals surface area contributed by atoms with Crippen LogP contribution in [0, 0.1) is 11.6 Å². The fraction of sp³-hybridized carbons (Fsp3) is 0.100. The molecule has 0 saturated carbocycles. The molecule has 1 aromatic carbocycles. The average molecular weight is 252 g/mol. The van der Waals surface area contributed by atoms with Crippen molar-refractivity contribution in [2.45, 2.75) is 6.18 Å². The summed E-state index contributed by atoms with van der Waals surface area (Å²) in [5.41, 5.74) is -0.691. The molecule has 0 bridgehead atoms. The van der Waals surface area contributed by atoms with E-state index in [0.717, 1.165) is 12.1 Å². The zero-order chi connectivity index (χ0) is 13.2. The summed E-state index contributed by atoms with van der Waals surface area (Å²) in [6, 6.07) is 1.83. The van der Waals surface area contributed by atoms with Gasteiger partial charge in [-0.05, 0) is 12.1 Å². The zero-order valence-corrected chi connectivity index (χ0v) is 8.05. The van der Waals surface area contributed by atoms with E-state index < -0.39 is 34.9 Å². The molecule has 1 rings (SSSR count).